The Kier molecular flexibility index (Phi) is 6.62. The average molecular weight is 344 g/mol. The molecule has 2 rings (SSSR count). The molecule has 0 aliphatic heterocycles. The van der Waals surface area contributed by atoms with Gasteiger partial charge >= 0.3 is 5.97 Å². The highest BCUT2D eigenvalue weighted by molar-refractivity contribution is 5.89. The van der Waals surface area contributed by atoms with E-state index >= 15 is 0 Å². The number of ether oxygens (including phenoxy) is 1. The zero-order valence-corrected chi connectivity index (χ0v) is 13.8. The van der Waals surface area contributed by atoms with Crippen molar-refractivity contribution in [2.45, 2.75) is 19.5 Å². The van der Waals surface area contributed by atoms with Crippen molar-refractivity contribution in [1.29, 1.82) is 0 Å². The smallest absolute Gasteiger partial charge is 0.338 e. The molecule has 2 aromatic carbocycles. The summed E-state index contributed by atoms with van der Waals surface area (Å²) in [6, 6.07) is 12.7. The molecule has 0 fully saturated rings. The number of nitrogens with one attached hydrogen (secondary N) is 1. The minimum atomic E-state index is -0.450. The Bertz CT molecular complexity index is 731. The quantitative estimate of drug-likeness (QED) is 0.433. The highest BCUT2D eigenvalue weighted by Crippen LogP contribution is 2.17. The molecule has 0 aliphatic rings. The minimum Gasteiger partial charge on any atom is -0.462 e. The number of carbonyl (C=O) groups excluding carboxylic acids is 1. The van der Waals surface area contributed by atoms with Crippen LogP contribution in [0.15, 0.2) is 48.5 Å². The molecule has 0 amide bonds. The Morgan fingerprint density at radius 2 is 2.00 bits per heavy atom. The van der Waals surface area contributed by atoms with Gasteiger partial charge in [-0.05, 0) is 30.2 Å². The van der Waals surface area contributed by atoms with Crippen molar-refractivity contribution in [2.24, 2.45) is 0 Å². The summed E-state index contributed by atoms with van der Waals surface area (Å²) in [5.41, 5.74) is 2.07. The van der Waals surface area contributed by atoms with Crippen LogP contribution >= 0.6 is 0 Å². The summed E-state index contributed by atoms with van der Waals surface area (Å²) in [4.78, 5) is 22.0. The van der Waals surface area contributed by atoms with E-state index < -0.39 is 10.9 Å². The van der Waals surface area contributed by atoms with Gasteiger partial charge in [-0.15, -0.1) is 0 Å². The predicted octanol–water partition coefficient (Wildman–Crippen LogP) is 2.59. The summed E-state index contributed by atoms with van der Waals surface area (Å²) < 4.78 is 4.98. The molecule has 25 heavy (non-hydrogen) atoms. The number of hydrogen-bond donors (Lipinski definition) is 2. The highest BCUT2D eigenvalue weighted by Gasteiger charge is 2.14. The zero-order valence-electron chi connectivity index (χ0n) is 13.8. The second kappa shape index (κ2) is 8.91. The molecule has 0 bridgehead atoms. The average Bonchev–Trinajstić information content (AvgIpc) is 2.63. The zero-order chi connectivity index (χ0) is 18.2. The van der Waals surface area contributed by atoms with Gasteiger partial charge < -0.3 is 15.2 Å². The van der Waals surface area contributed by atoms with E-state index in [1.807, 2.05) is 6.07 Å². The number of nitro benzene ring substituents is 1. The number of benzene rings is 2. The summed E-state index contributed by atoms with van der Waals surface area (Å²) in [5.74, 6) is -0.406. The van der Waals surface area contributed by atoms with E-state index in [0.717, 1.165) is 11.1 Å². The van der Waals surface area contributed by atoms with Crippen molar-refractivity contribution in [3.05, 3.63) is 75.3 Å². The molecule has 1 atom stereocenters. The molecule has 2 N–H and O–H groups in total. The lowest BCUT2D eigenvalue weighted by Gasteiger charge is -2.17. The maximum Gasteiger partial charge on any atom is 0.338 e. The SMILES string of the molecule is CCOC(=O)c1cccc(C(CO)NCc2ccc([N+](=O)[O-])cc2)c1. The van der Waals surface area contributed by atoms with Gasteiger partial charge in [-0.2, -0.15) is 0 Å². The molecule has 2 aromatic rings. The van der Waals surface area contributed by atoms with Crippen LogP contribution in [0.3, 0.4) is 0 Å². The van der Waals surface area contributed by atoms with Gasteiger partial charge in [-0.3, -0.25) is 10.1 Å². The van der Waals surface area contributed by atoms with Crippen LogP contribution in [0, 0.1) is 10.1 Å². The topological polar surface area (TPSA) is 102 Å². The molecule has 0 heterocycles. The molecule has 7 heteroatoms. The maximum atomic E-state index is 11.8. The van der Waals surface area contributed by atoms with E-state index in [9.17, 15) is 20.0 Å². The van der Waals surface area contributed by atoms with Gasteiger partial charge in [0, 0.05) is 18.7 Å². The summed E-state index contributed by atoms with van der Waals surface area (Å²) in [6.07, 6.45) is 0. The van der Waals surface area contributed by atoms with Gasteiger partial charge in [0.15, 0.2) is 0 Å². The summed E-state index contributed by atoms with van der Waals surface area (Å²) >= 11 is 0. The molecule has 0 spiro atoms. The normalized spacial score (nSPS) is 11.8. The fraction of sp³-hybridized carbons (Fsp3) is 0.278. The standard InChI is InChI=1S/C18H20N2O5/c1-2-25-18(22)15-5-3-4-14(10-15)17(12-21)19-11-13-6-8-16(9-7-13)20(23)24/h3-10,17,19,21H,2,11-12H2,1H3. The molecule has 132 valence electrons. The van der Waals surface area contributed by atoms with Crippen molar-refractivity contribution < 1.29 is 19.6 Å². The van der Waals surface area contributed by atoms with Crippen LogP contribution in [-0.2, 0) is 11.3 Å². The van der Waals surface area contributed by atoms with Gasteiger partial charge in [-0.25, -0.2) is 4.79 Å². The van der Waals surface area contributed by atoms with Crippen molar-refractivity contribution in [1.82, 2.24) is 5.32 Å². The van der Waals surface area contributed by atoms with Gasteiger partial charge in [0.05, 0.1) is 29.7 Å². The molecule has 0 saturated heterocycles. The molecule has 0 aromatic heterocycles. The van der Waals surface area contributed by atoms with Crippen LogP contribution in [0.25, 0.3) is 0 Å². The maximum absolute atomic E-state index is 11.8. The lowest BCUT2D eigenvalue weighted by molar-refractivity contribution is -0.384. The molecule has 0 saturated carbocycles. The third-order valence-electron chi connectivity index (χ3n) is 3.68. The number of carbonyl (C=O) groups is 1. The van der Waals surface area contributed by atoms with Gasteiger partial charge in [0.1, 0.15) is 0 Å². The first kappa shape index (κ1) is 18.6. The number of rotatable bonds is 8. The van der Waals surface area contributed by atoms with E-state index in [1.54, 1.807) is 37.3 Å². The van der Waals surface area contributed by atoms with E-state index in [2.05, 4.69) is 5.32 Å². The van der Waals surface area contributed by atoms with Crippen molar-refractivity contribution in [2.75, 3.05) is 13.2 Å². The summed E-state index contributed by atoms with van der Waals surface area (Å²) in [6.45, 7) is 2.31. The molecule has 0 aliphatic carbocycles. The predicted molar refractivity (Wildman–Crippen MR) is 92.2 cm³/mol. The first-order valence-corrected chi connectivity index (χ1v) is 7.89. The molecular weight excluding hydrogens is 324 g/mol. The number of hydrogen-bond acceptors (Lipinski definition) is 6. The number of aliphatic hydroxyl groups is 1. The van der Waals surface area contributed by atoms with Crippen LogP contribution in [0.4, 0.5) is 5.69 Å². The second-order valence-electron chi connectivity index (χ2n) is 5.39. The molecule has 7 nitrogen and oxygen atoms in total. The fourth-order valence-electron chi connectivity index (χ4n) is 2.36. The van der Waals surface area contributed by atoms with Crippen LogP contribution in [-0.4, -0.2) is 29.2 Å². The van der Waals surface area contributed by atoms with Crippen molar-refractivity contribution in [3.63, 3.8) is 0 Å². The first-order valence-electron chi connectivity index (χ1n) is 7.89. The molecule has 1 unspecified atom stereocenters. The monoisotopic (exact) mass is 344 g/mol. The number of non-ortho nitro benzene ring substituents is 1. The van der Waals surface area contributed by atoms with Crippen molar-refractivity contribution >= 4 is 11.7 Å². The number of aliphatic hydroxyl groups excluding tert-OH is 1. The van der Waals surface area contributed by atoms with E-state index in [4.69, 9.17) is 4.74 Å². The van der Waals surface area contributed by atoms with E-state index in [1.165, 1.54) is 12.1 Å². The number of nitrogens with zero attached hydrogens (tertiary/aromatic N) is 1. The lowest BCUT2D eigenvalue weighted by atomic mass is 10.0. The fourth-order valence-corrected chi connectivity index (χ4v) is 2.36. The number of esters is 1. The Balaban J connectivity index is 2.05. The minimum absolute atomic E-state index is 0.0320. The van der Waals surface area contributed by atoms with Gasteiger partial charge in [-0.1, -0.05) is 24.3 Å². The number of nitro groups is 1. The Labute approximate surface area is 145 Å². The largest absolute Gasteiger partial charge is 0.462 e. The van der Waals surface area contributed by atoms with E-state index in [0.29, 0.717) is 18.7 Å². The van der Waals surface area contributed by atoms with Crippen molar-refractivity contribution in [3.8, 4) is 0 Å². The van der Waals surface area contributed by atoms with Crippen LogP contribution in [0.5, 0.6) is 0 Å². The highest BCUT2D eigenvalue weighted by atomic mass is 16.6. The Morgan fingerprint density at radius 1 is 1.28 bits per heavy atom. The van der Waals surface area contributed by atoms with Gasteiger partial charge in [0.2, 0.25) is 0 Å². The molecular formula is C18H20N2O5. The summed E-state index contributed by atoms with van der Waals surface area (Å²) in [5, 5.41) is 23.5. The van der Waals surface area contributed by atoms with Crippen LogP contribution in [0.1, 0.15) is 34.5 Å². The lowest BCUT2D eigenvalue weighted by Crippen LogP contribution is -2.24. The van der Waals surface area contributed by atoms with E-state index in [-0.39, 0.29) is 18.3 Å². The second-order valence-corrected chi connectivity index (χ2v) is 5.39. The molecule has 0 radical (unpaired) electrons. The van der Waals surface area contributed by atoms with Crippen LogP contribution in [0.2, 0.25) is 0 Å². The third-order valence-corrected chi connectivity index (χ3v) is 3.68. The van der Waals surface area contributed by atoms with Crippen LogP contribution < -0.4 is 5.32 Å². The van der Waals surface area contributed by atoms with Gasteiger partial charge in [0.25, 0.3) is 5.69 Å². The Morgan fingerprint density at radius 3 is 2.60 bits per heavy atom. The Hall–Kier alpha value is -2.77. The third kappa shape index (κ3) is 5.10. The summed E-state index contributed by atoms with van der Waals surface area (Å²) in [7, 11) is 0. The first-order chi connectivity index (χ1) is 12.0.